The molecule has 0 bridgehead atoms. The first kappa shape index (κ1) is 16.8. The van der Waals surface area contributed by atoms with E-state index in [0.29, 0.717) is 16.5 Å². The van der Waals surface area contributed by atoms with Crippen LogP contribution in [0.1, 0.15) is 16.1 Å². The number of nitrogens with one attached hydrogen (secondary N) is 2. The fourth-order valence-corrected chi connectivity index (χ4v) is 2.95. The quantitative estimate of drug-likeness (QED) is 0.564. The third kappa shape index (κ3) is 3.15. The van der Waals surface area contributed by atoms with Gasteiger partial charge in [-0.3, -0.25) is 14.9 Å². The van der Waals surface area contributed by atoms with Crippen LogP contribution in [0.15, 0.2) is 54.9 Å². The largest absolute Gasteiger partial charge is 0.319 e. The molecular formula is C20H14F2N4O. The minimum Gasteiger partial charge on any atom is -0.319 e. The highest BCUT2D eigenvalue weighted by molar-refractivity contribution is 6.11. The molecule has 1 amide bonds. The summed E-state index contributed by atoms with van der Waals surface area (Å²) in [4.78, 5) is 16.3. The predicted molar refractivity (Wildman–Crippen MR) is 98.4 cm³/mol. The minimum atomic E-state index is -0.552. The number of fused-ring (bicyclic) bond motifs is 1. The Morgan fingerprint density at radius 3 is 2.78 bits per heavy atom. The van der Waals surface area contributed by atoms with Crippen molar-refractivity contribution in [1.29, 1.82) is 0 Å². The maximum atomic E-state index is 13.9. The third-order valence-electron chi connectivity index (χ3n) is 4.32. The summed E-state index contributed by atoms with van der Waals surface area (Å²) >= 11 is 0. The number of carbonyl (C=O) groups excluding carboxylic acids is 1. The number of nitrogens with zero attached hydrogens (tertiary/aromatic N) is 2. The molecule has 4 aromatic rings. The van der Waals surface area contributed by atoms with E-state index in [1.807, 2.05) is 12.1 Å². The van der Waals surface area contributed by atoms with Crippen molar-refractivity contribution in [2.45, 2.75) is 6.92 Å². The number of carbonyl (C=O) groups is 1. The van der Waals surface area contributed by atoms with Gasteiger partial charge in [-0.15, -0.1) is 0 Å². The summed E-state index contributed by atoms with van der Waals surface area (Å²) in [6.45, 7) is 1.70. The third-order valence-corrected chi connectivity index (χ3v) is 4.32. The van der Waals surface area contributed by atoms with Gasteiger partial charge in [0.25, 0.3) is 5.91 Å². The Kier molecular flexibility index (Phi) is 4.12. The van der Waals surface area contributed by atoms with E-state index in [2.05, 4.69) is 20.5 Å². The molecule has 0 aliphatic carbocycles. The van der Waals surface area contributed by atoms with Crippen molar-refractivity contribution < 1.29 is 13.6 Å². The summed E-state index contributed by atoms with van der Waals surface area (Å²) in [7, 11) is 0. The van der Waals surface area contributed by atoms with Gasteiger partial charge in [-0.05, 0) is 41.8 Å². The highest BCUT2D eigenvalue weighted by Gasteiger charge is 2.16. The summed E-state index contributed by atoms with van der Waals surface area (Å²) < 4.78 is 27.1. The molecule has 27 heavy (non-hydrogen) atoms. The Morgan fingerprint density at radius 1 is 1.11 bits per heavy atom. The highest BCUT2D eigenvalue weighted by atomic mass is 19.1. The maximum Gasteiger partial charge on any atom is 0.276 e. The number of aromatic nitrogens is 3. The second-order valence-electron chi connectivity index (χ2n) is 6.09. The van der Waals surface area contributed by atoms with Crippen LogP contribution in [0.4, 0.5) is 14.5 Å². The van der Waals surface area contributed by atoms with Crippen LogP contribution >= 0.6 is 0 Å². The van der Waals surface area contributed by atoms with Crippen LogP contribution in [0.2, 0.25) is 0 Å². The topological polar surface area (TPSA) is 70.7 Å². The normalized spacial score (nSPS) is 10.9. The second-order valence-corrected chi connectivity index (χ2v) is 6.09. The Labute approximate surface area is 153 Å². The smallest absolute Gasteiger partial charge is 0.276 e. The van der Waals surface area contributed by atoms with Crippen LogP contribution in [0, 0.1) is 18.6 Å². The Balaban J connectivity index is 1.74. The van der Waals surface area contributed by atoms with Crippen LogP contribution in [0.5, 0.6) is 0 Å². The number of H-pyrrole nitrogens is 1. The molecule has 0 saturated heterocycles. The maximum absolute atomic E-state index is 13.9. The molecule has 0 saturated carbocycles. The second kappa shape index (κ2) is 6.60. The summed E-state index contributed by atoms with van der Waals surface area (Å²) in [5.41, 5.74) is 3.08. The summed E-state index contributed by atoms with van der Waals surface area (Å²) in [6, 6.07) is 11.4. The van der Waals surface area contributed by atoms with Crippen LogP contribution in [0.3, 0.4) is 0 Å². The molecule has 0 spiro atoms. The standard InChI is InChI=1S/C20H14F2N4O/c1-11-15(3-2-4-17(11)22)12-5-6-18-16(7-12)19(26-25-18)20(27)24-14-8-13(21)9-23-10-14/h2-10H,1H3,(H,24,27)(H,25,26). The fourth-order valence-electron chi connectivity index (χ4n) is 2.95. The van der Waals surface area contributed by atoms with Gasteiger partial charge < -0.3 is 5.32 Å². The molecule has 2 aromatic heterocycles. The average Bonchev–Trinajstić information content (AvgIpc) is 3.07. The molecule has 0 aliphatic heterocycles. The molecule has 4 rings (SSSR count). The molecule has 0 fully saturated rings. The van der Waals surface area contributed by atoms with Crippen molar-refractivity contribution in [3.05, 3.63) is 77.8 Å². The number of pyridine rings is 1. The van der Waals surface area contributed by atoms with Gasteiger partial charge in [-0.1, -0.05) is 18.2 Å². The van der Waals surface area contributed by atoms with Crippen molar-refractivity contribution in [3.63, 3.8) is 0 Å². The molecular weight excluding hydrogens is 350 g/mol. The van der Waals surface area contributed by atoms with E-state index < -0.39 is 11.7 Å². The van der Waals surface area contributed by atoms with Gasteiger partial charge in [0, 0.05) is 11.5 Å². The number of benzene rings is 2. The lowest BCUT2D eigenvalue weighted by Gasteiger charge is -2.07. The van der Waals surface area contributed by atoms with Crippen molar-refractivity contribution in [2.24, 2.45) is 0 Å². The Bertz CT molecular complexity index is 1170. The van der Waals surface area contributed by atoms with Crippen LogP contribution in [0.25, 0.3) is 22.0 Å². The van der Waals surface area contributed by atoms with E-state index in [9.17, 15) is 13.6 Å². The Hall–Kier alpha value is -3.61. The summed E-state index contributed by atoms with van der Waals surface area (Å²) in [6.07, 6.45) is 2.39. The van der Waals surface area contributed by atoms with E-state index in [-0.39, 0.29) is 17.2 Å². The van der Waals surface area contributed by atoms with Crippen molar-refractivity contribution in [2.75, 3.05) is 5.32 Å². The number of anilines is 1. The number of hydrogen-bond donors (Lipinski definition) is 2. The lowest BCUT2D eigenvalue weighted by atomic mass is 9.98. The highest BCUT2D eigenvalue weighted by Crippen LogP contribution is 2.29. The first-order valence-electron chi connectivity index (χ1n) is 8.18. The van der Waals surface area contributed by atoms with Crippen molar-refractivity contribution >= 4 is 22.5 Å². The van der Waals surface area contributed by atoms with Gasteiger partial charge in [0.2, 0.25) is 0 Å². The van der Waals surface area contributed by atoms with Crippen LogP contribution in [-0.2, 0) is 0 Å². The molecule has 0 aliphatic rings. The van der Waals surface area contributed by atoms with E-state index in [1.165, 1.54) is 18.3 Å². The van der Waals surface area contributed by atoms with Gasteiger partial charge in [0.15, 0.2) is 5.69 Å². The number of rotatable bonds is 3. The molecule has 0 atom stereocenters. The lowest BCUT2D eigenvalue weighted by molar-refractivity contribution is 0.102. The van der Waals surface area contributed by atoms with E-state index in [1.54, 1.807) is 25.1 Å². The predicted octanol–water partition coefficient (Wildman–Crippen LogP) is 4.46. The first-order valence-corrected chi connectivity index (χ1v) is 8.18. The van der Waals surface area contributed by atoms with E-state index in [0.717, 1.165) is 17.3 Å². The van der Waals surface area contributed by atoms with Gasteiger partial charge in [0.05, 0.1) is 23.6 Å². The Morgan fingerprint density at radius 2 is 1.96 bits per heavy atom. The first-order chi connectivity index (χ1) is 13.0. The monoisotopic (exact) mass is 364 g/mol. The molecule has 5 nitrogen and oxygen atoms in total. The molecule has 2 heterocycles. The van der Waals surface area contributed by atoms with Crippen molar-refractivity contribution in [1.82, 2.24) is 15.2 Å². The number of amides is 1. The zero-order chi connectivity index (χ0) is 19.0. The van der Waals surface area contributed by atoms with Crippen LogP contribution in [-0.4, -0.2) is 21.1 Å². The number of halogens is 2. The SMILES string of the molecule is Cc1c(F)cccc1-c1ccc2[nH]nc(C(=O)Nc3cncc(F)c3)c2c1. The average molecular weight is 364 g/mol. The number of hydrogen-bond acceptors (Lipinski definition) is 3. The molecule has 0 unspecified atom stereocenters. The van der Waals surface area contributed by atoms with Gasteiger partial charge in [-0.25, -0.2) is 8.78 Å². The fraction of sp³-hybridized carbons (Fsp3) is 0.0500. The van der Waals surface area contributed by atoms with E-state index in [4.69, 9.17) is 0 Å². The van der Waals surface area contributed by atoms with Crippen molar-refractivity contribution in [3.8, 4) is 11.1 Å². The van der Waals surface area contributed by atoms with Gasteiger partial charge >= 0.3 is 0 Å². The molecule has 7 heteroatoms. The van der Waals surface area contributed by atoms with E-state index >= 15 is 0 Å². The summed E-state index contributed by atoms with van der Waals surface area (Å²) in [5.74, 6) is -1.35. The zero-order valence-electron chi connectivity index (χ0n) is 14.3. The van der Waals surface area contributed by atoms with Gasteiger partial charge in [0.1, 0.15) is 11.6 Å². The summed E-state index contributed by atoms with van der Waals surface area (Å²) in [5, 5.41) is 10.0. The molecule has 2 aromatic carbocycles. The zero-order valence-corrected chi connectivity index (χ0v) is 14.3. The molecule has 0 radical (unpaired) electrons. The molecule has 2 N–H and O–H groups in total. The van der Waals surface area contributed by atoms with Gasteiger partial charge in [-0.2, -0.15) is 5.10 Å². The molecule has 134 valence electrons. The minimum absolute atomic E-state index is 0.158. The lowest BCUT2D eigenvalue weighted by Crippen LogP contribution is -2.13. The van der Waals surface area contributed by atoms with Crippen LogP contribution < -0.4 is 5.32 Å². The number of aromatic amines is 1.